The number of halogens is 1. The first-order valence-corrected chi connectivity index (χ1v) is 9.20. The average Bonchev–Trinajstić information content (AvgIpc) is 3.02. The molecular weight excluding hydrogens is 372 g/mol. The van der Waals surface area contributed by atoms with Gasteiger partial charge in [-0.1, -0.05) is 29.0 Å². The molecule has 0 spiro atoms. The van der Waals surface area contributed by atoms with Gasteiger partial charge in [0.1, 0.15) is 17.0 Å². The van der Waals surface area contributed by atoms with Crippen molar-refractivity contribution < 1.29 is 14.3 Å². The maximum atomic E-state index is 12.7. The van der Waals surface area contributed by atoms with Crippen molar-refractivity contribution in [2.45, 2.75) is 26.4 Å². The molecule has 3 rings (SSSR count). The highest BCUT2D eigenvalue weighted by atomic mass is 35.5. The quantitative estimate of drug-likeness (QED) is 0.661. The number of hydrogen-bond acceptors (Lipinski definition) is 5. The molecule has 2 aromatic carbocycles. The van der Waals surface area contributed by atoms with Crippen molar-refractivity contribution in [2.24, 2.45) is 0 Å². The van der Waals surface area contributed by atoms with Crippen molar-refractivity contribution in [1.82, 2.24) is 4.98 Å². The number of aryl methyl sites for hydroxylation is 1. The van der Waals surface area contributed by atoms with Gasteiger partial charge in [-0.15, -0.1) is 0 Å². The first-order chi connectivity index (χ1) is 12.3. The molecule has 0 aliphatic heterocycles. The molecule has 136 valence electrons. The number of ether oxygens (including phenoxy) is 2. The minimum absolute atomic E-state index is 0.289. The molecule has 0 aliphatic carbocycles. The van der Waals surface area contributed by atoms with Gasteiger partial charge in [0.2, 0.25) is 0 Å². The second-order valence-corrected chi connectivity index (χ2v) is 7.74. The van der Waals surface area contributed by atoms with Crippen LogP contribution in [0.25, 0.3) is 10.2 Å². The van der Waals surface area contributed by atoms with E-state index in [4.69, 9.17) is 21.1 Å². The van der Waals surface area contributed by atoms with Crippen LogP contribution in [0.3, 0.4) is 0 Å². The number of nitrogens with zero attached hydrogens (tertiary/aromatic N) is 1. The molecule has 0 radical (unpaired) electrons. The maximum absolute atomic E-state index is 12.7. The van der Waals surface area contributed by atoms with Gasteiger partial charge in [0.15, 0.2) is 10.7 Å². The smallest absolute Gasteiger partial charge is 0.269 e. The molecule has 0 saturated carbocycles. The Kier molecular flexibility index (Phi) is 5.07. The van der Waals surface area contributed by atoms with Gasteiger partial charge in [-0.3, -0.25) is 10.1 Å². The van der Waals surface area contributed by atoms with E-state index in [1.165, 1.54) is 11.3 Å². The lowest BCUT2D eigenvalue weighted by Crippen LogP contribution is -2.42. The van der Waals surface area contributed by atoms with Gasteiger partial charge in [0.05, 0.1) is 11.8 Å². The largest absolute Gasteiger partial charge is 0.494 e. The normalized spacial score (nSPS) is 11.4. The third-order valence-corrected chi connectivity index (χ3v) is 5.24. The summed E-state index contributed by atoms with van der Waals surface area (Å²) in [7, 11) is 1.60. The third-order valence-electron chi connectivity index (χ3n) is 3.88. The van der Waals surface area contributed by atoms with Crippen molar-refractivity contribution >= 4 is 44.2 Å². The van der Waals surface area contributed by atoms with Gasteiger partial charge in [-0.25, -0.2) is 4.98 Å². The molecule has 3 aromatic rings. The Balaban J connectivity index is 1.81. The van der Waals surface area contributed by atoms with Gasteiger partial charge >= 0.3 is 0 Å². The first kappa shape index (κ1) is 18.5. The molecular formula is C19H19ClN2O3S. The summed E-state index contributed by atoms with van der Waals surface area (Å²) in [5.74, 6) is 0.957. The van der Waals surface area contributed by atoms with E-state index in [9.17, 15) is 4.79 Å². The number of thiazole rings is 1. The number of benzene rings is 2. The topological polar surface area (TPSA) is 60.5 Å². The van der Waals surface area contributed by atoms with E-state index in [-0.39, 0.29) is 5.91 Å². The first-order valence-electron chi connectivity index (χ1n) is 8.00. The van der Waals surface area contributed by atoms with Crippen molar-refractivity contribution in [3.63, 3.8) is 0 Å². The predicted octanol–water partition coefficient (Wildman–Crippen LogP) is 5.06. The molecule has 1 heterocycles. The van der Waals surface area contributed by atoms with Crippen LogP contribution in [0.4, 0.5) is 5.13 Å². The van der Waals surface area contributed by atoms with E-state index in [1.807, 2.05) is 19.1 Å². The lowest BCUT2D eigenvalue weighted by molar-refractivity contribution is -0.128. The summed E-state index contributed by atoms with van der Waals surface area (Å²) < 4.78 is 12.2. The van der Waals surface area contributed by atoms with E-state index in [0.717, 1.165) is 15.8 Å². The fourth-order valence-electron chi connectivity index (χ4n) is 2.42. The van der Waals surface area contributed by atoms with Crippen LogP contribution in [0.2, 0.25) is 5.02 Å². The second kappa shape index (κ2) is 7.13. The van der Waals surface area contributed by atoms with Gasteiger partial charge in [0, 0.05) is 5.02 Å². The Bertz CT molecular complexity index is 951. The lowest BCUT2D eigenvalue weighted by Gasteiger charge is -2.24. The number of hydrogen-bond donors (Lipinski definition) is 1. The van der Waals surface area contributed by atoms with Gasteiger partial charge in [-0.2, -0.15) is 0 Å². The summed E-state index contributed by atoms with van der Waals surface area (Å²) in [4.78, 5) is 17.2. The Morgan fingerprint density at radius 3 is 2.54 bits per heavy atom. The molecule has 0 fully saturated rings. The molecule has 1 aromatic heterocycles. The van der Waals surface area contributed by atoms with Crippen molar-refractivity contribution in [2.75, 3.05) is 12.4 Å². The van der Waals surface area contributed by atoms with Crippen molar-refractivity contribution in [3.05, 3.63) is 47.0 Å². The van der Waals surface area contributed by atoms with Crippen LogP contribution in [0.1, 0.15) is 19.4 Å². The van der Waals surface area contributed by atoms with Crippen molar-refractivity contribution in [1.29, 1.82) is 0 Å². The van der Waals surface area contributed by atoms with Crippen LogP contribution in [0, 0.1) is 6.92 Å². The monoisotopic (exact) mass is 390 g/mol. The number of carbonyl (C=O) groups excluding carboxylic acids is 1. The standard InChI is InChI=1S/C19H19ClN2O3S/c1-11-5-10-14(24-4)15-16(11)26-18(21-15)22-17(23)19(2,3)25-13-8-6-12(20)7-9-13/h5-10H,1-4H3,(H,21,22,23). The van der Waals surface area contributed by atoms with Gasteiger partial charge < -0.3 is 9.47 Å². The summed E-state index contributed by atoms with van der Waals surface area (Å²) >= 11 is 7.29. The highest BCUT2D eigenvalue weighted by Crippen LogP contribution is 2.35. The average molecular weight is 391 g/mol. The number of carbonyl (C=O) groups is 1. The molecule has 0 unspecified atom stereocenters. The van der Waals surface area contributed by atoms with E-state index in [2.05, 4.69) is 10.3 Å². The molecule has 26 heavy (non-hydrogen) atoms. The number of amides is 1. The zero-order valence-electron chi connectivity index (χ0n) is 14.9. The maximum Gasteiger partial charge on any atom is 0.269 e. The SMILES string of the molecule is COc1ccc(C)c2sc(NC(=O)C(C)(C)Oc3ccc(Cl)cc3)nc12. The summed E-state index contributed by atoms with van der Waals surface area (Å²) in [5.41, 5.74) is 0.741. The van der Waals surface area contributed by atoms with Gasteiger partial charge in [-0.05, 0) is 56.7 Å². The number of nitrogens with one attached hydrogen (secondary N) is 1. The number of rotatable bonds is 5. The summed E-state index contributed by atoms with van der Waals surface area (Å²) in [6.07, 6.45) is 0. The van der Waals surface area contributed by atoms with Crippen LogP contribution in [-0.4, -0.2) is 23.6 Å². The van der Waals surface area contributed by atoms with E-state index >= 15 is 0 Å². The number of fused-ring (bicyclic) bond motifs is 1. The second-order valence-electron chi connectivity index (χ2n) is 6.30. The Labute approximate surface area is 160 Å². The molecule has 1 amide bonds. The number of aromatic nitrogens is 1. The van der Waals surface area contributed by atoms with Crippen LogP contribution in [-0.2, 0) is 4.79 Å². The van der Waals surface area contributed by atoms with Crippen LogP contribution in [0.15, 0.2) is 36.4 Å². The molecule has 7 heteroatoms. The van der Waals surface area contributed by atoms with Crippen molar-refractivity contribution in [3.8, 4) is 11.5 Å². The van der Waals surface area contributed by atoms with Crippen LogP contribution < -0.4 is 14.8 Å². The van der Waals surface area contributed by atoms with E-state index in [0.29, 0.717) is 21.7 Å². The molecule has 0 atom stereocenters. The zero-order chi connectivity index (χ0) is 18.9. The fraction of sp³-hybridized carbons (Fsp3) is 0.263. The lowest BCUT2D eigenvalue weighted by atomic mass is 10.1. The van der Waals surface area contributed by atoms with Gasteiger partial charge in [0.25, 0.3) is 5.91 Å². The molecule has 1 N–H and O–H groups in total. The molecule has 5 nitrogen and oxygen atoms in total. The summed E-state index contributed by atoms with van der Waals surface area (Å²) in [6, 6.07) is 10.7. The minimum atomic E-state index is -1.08. The van der Waals surface area contributed by atoms with E-state index < -0.39 is 5.60 Å². The summed E-state index contributed by atoms with van der Waals surface area (Å²) in [6.45, 7) is 5.41. The van der Waals surface area contributed by atoms with Crippen LogP contribution in [0.5, 0.6) is 11.5 Å². The Morgan fingerprint density at radius 2 is 1.88 bits per heavy atom. The fourth-order valence-corrected chi connectivity index (χ4v) is 3.49. The predicted molar refractivity (Wildman–Crippen MR) is 106 cm³/mol. The van der Waals surface area contributed by atoms with Crippen LogP contribution >= 0.6 is 22.9 Å². The Hall–Kier alpha value is -2.31. The number of methoxy groups -OCH3 is 1. The highest BCUT2D eigenvalue weighted by molar-refractivity contribution is 7.22. The third kappa shape index (κ3) is 3.76. The molecule has 0 saturated heterocycles. The minimum Gasteiger partial charge on any atom is -0.494 e. The Morgan fingerprint density at radius 1 is 1.19 bits per heavy atom. The zero-order valence-corrected chi connectivity index (χ0v) is 16.5. The van der Waals surface area contributed by atoms with E-state index in [1.54, 1.807) is 45.2 Å². The highest BCUT2D eigenvalue weighted by Gasteiger charge is 2.31. The number of anilines is 1. The summed E-state index contributed by atoms with van der Waals surface area (Å²) in [5, 5.41) is 3.96. The molecule has 0 aliphatic rings. The molecule has 0 bridgehead atoms.